The zero-order valence-corrected chi connectivity index (χ0v) is 12.2. The Hall–Kier alpha value is -1.06. The van der Waals surface area contributed by atoms with Crippen LogP contribution in [0.3, 0.4) is 0 Å². The van der Waals surface area contributed by atoms with Crippen molar-refractivity contribution in [1.29, 1.82) is 0 Å². The number of halogens is 1. The molecule has 0 radical (unpaired) electrons. The third-order valence-corrected chi connectivity index (χ3v) is 4.31. The molecule has 2 N–H and O–H groups in total. The molecule has 2 aliphatic carbocycles. The van der Waals surface area contributed by atoms with Gasteiger partial charge < -0.3 is 10.6 Å². The van der Waals surface area contributed by atoms with Gasteiger partial charge in [-0.05, 0) is 30.5 Å². The van der Waals surface area contributed by atoms with E-state index in [4.69, 9.17) is 0 Å². The van der Waals surface area contributed by atoms with Gasteiger partial charge in [-0.2, -0.15) is 0 Å². The number of fused-ring (bicyclic) bond motifs is 3. The Morgan fingerprint density at radius 3 is 2.89 bits per heavy atom. The van der Waals surface area contributed by atoms with E-state index < -0.39 is 0 Å². The Morgan fingerprint density at radius 1 is 1.42 bits per heavy atom. The molecule has 0 aliphatic heterocycles. The first-order valence-electron chi connectivity index (χ1n) is 6.75. The molecule has 1 fully saturated rings. The second-order valence-electron chi connectivity index (χ2n) is 5.59. The smallest absolute Gasteiger partial charge is 0.224 e. The van der Waals surface area contributed by atoms with Gasteiger partial charge in [0, 0.05) is 24.4 Å². The van der Waals surface area contributed by atoms with Crippen LogP contribution in [0.1, 0.15) is 24.0 Å². The zero-order valence-electron chi connectivity index (χ0n) is 11.3. The Morgan fingerprint density at radius 2 is 2.16 bits per heavy atom. The van der Waals surface area contributed by atoms with Crippen molar-refractivity contribution in [2.45, 2.75) is 25.3 Å². The Balaban J connectivity index is 0.00000133. The molecule has 0 bridgehead atoms. The van der Waals surface area contributed by atoms with E-state index in [0.717, 1.165) is 13.0 Å². The molecule has 1 saturated carbocycles. The van der Waals surface area contributed by atoms with E-state index >= 15 is 0 Å². The van der Waals surface area contributed by atoms with E-state index in [1.54, 1.807) is 0 Å². The van der Waals surface area contributed by atoms with E-state index in [2.05, 4.69) is 34.9 Å². The third-order valence-electron chi connectivity index (χ3n) is 4.31. The van der Waals surface area contributed by atoms with Crippen molar-refractivity contribution >= 4 is 18.3 Å². The van der Waals surface area contributed by atoms with Gasteiger partial charge in [0.25, 0.3) is 0 Å². The number of hydrogen-bond acceptors (Lipinski definition) is 2. The van der Waals surface area contributed by atoms with Crippen LogP contribution in [0, 0.1) is 11.8 Å². The average molecular weight is 281 g/mol. The second kappa shape index (κ2) is 5.51. The number of carbonyl (C=O) groups excluding carboxylic acids is 1. The van der Waals surface area contributed by atoms with Gasteiger partial charge in [0.1, 0.15) is 0 Å². The molecule has 1 amide bonds. The van der Waals surface area contributed by atoms with E-state index in [-0.39, 0.29) is 24.2 Å². The minimum atomic E-state index is 0. The lowest BCUT2D eigenvalue weighted by molar-refractivity contribution is -0.124. The van der Waals surface area contributed by atoms with Crippen LogP contribution in [0.5, 0.6) is 0 Å². The van der Waals surface area contributed by atoms with Crippen LogP contribution in [0.15, 0.2) is 24.3 Å². The van der Waals surface area contributed by atoms with Crippen LogP contribution in [0.4, 0.5) is 0 Å². The fourth-order valence-corrected chi connectivity index (χ4v) is 3.25. The van der Waals surface area contributed by atoms with Crippen LogP contribution >= 0.6 is 12.4 Å². The Labute approximate surface area is 120 Å². The molecule has 3 nitrogen and oxygen atoms in total. The molecule has 0 spiro atoms. The van der Waals surface area contributed by atoms with Gasteiger partial charge in [-0.25, -0.2) is 0 Å². The molecule has 0 aromatic heterocycles. The molecule has 104 valence electrons. The van der Waals surface area contributed by atoms with Gasteiger partial charge in [-0.15, -0.1) is 12.4 Å². The third kappa shape index (κ3) is 2.49. The highest BCUT2D eigenvalue weighted by molar-refractivity contribution is 5.85. The summed E-state index contributed by atoms with van der Waals surface area (Å²) >= 11 is 0. The standard InChI is InChI=1S/C15H20N2O.ClH/c1-9(8-16-2)15(18)17-14-12-7-10-5-3-4-6-11(10)13(12)14;/h3-6,9,12-14,16H,7-8H2,1-2H3,(H,17,18);1H. The van der Waals surface area contributed by atoms with E-state index in [1.807, 2.05) is 14.0 Å². The summed E-state index contributed by atoms with van der Waals surface area (Å²) in [5.74, 6) is 1.45. The number of rotatable bonds is 4. The summed E-state index contributed by atoms with van der Waals surface area (Å²) < 4.78 is 0. The van der Waals surface area contributed by atoms with Crippen LogP contribution in [-0.4, -0.2) is 25.5 Å². The highest BCUT2D eigenvalue weighted by Gasteiger charge is 2.56. The summed E-state index contributed by atoms with van der Waals surface area (Å²) in [5, 5.41) is 6.25. The number of hydrogen-bond donors (Lipinski definition) is 2. The minimum Gasteiger partial charge on any atom is -0.352 e. The van der Waals surface area contributed by atoms with E-state index in [9.17, 15) is 4.79 Å². The number of nitrogens with one attached hydrogen (secondary N) is 2. The van der Waals surface area contributed by atoms with Gasteiger partial charge in [0.05, 0.1) is 0 Å². The molecular formula is C15H21ClN2O. The second-order valence-corrected chi connectivity index (χ2v) is 5.59. The SMILES string of the molecule is CNCC(C)C(=O)NC1C2Cc3ccccc3C21.Cl. The van der Waals surface area contributed by atoms with Gasteiger partial charge in [-0.1, -0.05) is 31.2 Å². The predicted octanol–water partition coefficient (Wildman–Crippen LogP) is 1.72. The van der Waals surface area contributed by atoms with Gasteiger partial charge in [-0.3, -0.25) is 4.79 Å². The van der Waals surface area contributed by atoms with Crippen molar-refractivity contribution in [2.75, 3.05) is 13.6 Å². The topological polar surface area (TPSA) is 41.1 Å². The molecular weight excluding hydrogens is 260 g/mol. The average Bonchev–Trinajstić information content (AvgIpc) is 2.88. The first-order valence-corrected chi connectivity index (χ1v) is 6.75. The lowest BCUT2D eigenvalue weighted by Gasteiger charge is -2.13. The van der Waals surface area contributed by atoms with E-state index in [1.165, 1.54) is 11.1 Å². The fourth-order valence-electron chi connectivity index (χ4n) is 3.25. The minimum absolute atomic E-state index is 0. The van der Waals surface area contributed by atoms with Crippen LogP contribution in [0.25, 0.3) is 0 Å². The van der Waals surface area contributed by atoms with E-state index in [0.29, 0.717) is 17.9 Å². The van der Waals surface area contributed by atoms with Crippen LogP contribution in [-0.2, 0) is 11.2 Å². The molecule has 19 heavy (non-hydrogen) atoms. The normalized spacial score (nSPS) is 27.8. The summed E-state index contributed by atoms with van der Waals surface area (Å²) in [6, 6.07) is 9.01. The van der Waals surface area contributed by atoms with Gasteiger partial charge in [0.2, 0.25) is 5.91 Å². The summed E-state index contributed by atoms with van der Waals surface area (Å²) in [6.07, 6.45) is 1.13. The first kappa shape index (κ1) is 14.4. The molecule has 0 heterocycles. The molecule has 4 atom stereocenters. The largest absolute Gasteiger partial charge is 0.352 e. The number of benzene rings is 1. The fraction of sp³-hybridized carbons (Fsp3) is 0.533. The highest BCUT2D eigenvalue weighted by atomic mass is 35.5. The number of amides is 1. The molecule has 1 aromatic carbocycles. The van der Waals surface area contributed by atoms with Crippen molar-refractivity contribution in [2.24, 2.45) is 11.8 Å². The van der Waals surface area contributed by atoms with Crippen molar-refractivity contribution < 1.29 is 4.79 Å². The molecule has 3 rings (SSSR count). The maximum Gasteiger partial charge on any atom is 0.224 e. The first-order chi connectivity index (χ1) is 8.72. The summed E-state index contributed by atoms with van der Waals surface area (Å²) in [7, 11) is 1.88. The Kier molecular flexibility index (Phi) is 4.16. The quantitative estimate of drug-likeness (QED) is 0.882. The molecule has 4 heteroatoms. The van der Waals surface area contributed by atoms with Gasteiger partial charge in [0.15, 0.2) is 0 Å². The van der Waals surface area contributed by atoms with Crippen molar-refractivity contribution in [3.8, 4) is 0 Å². The molecule has 0 saturated heterocycles. The molecule has 4 unspecified atom stereocenters. The van der Waals surface area contributed by atoms with Crippen molar-refractivity contribution in [1.82, 2.24) is 10.6 Å². The zero-order chi connectivity index (χ0) is 12.7. The lowest BCUT2D eigenvalue weighted by atomic mass is 10.0. The van der Waals surface area contributed by atoms with Gasteiger partial charge >= 0.3 is 0 Å². The highest BCUT2D eigenvalue weighted by Crippen LogP contribution is 2.56. The summed E-state index contributed by atoms with van der Waals surface area (Å²) in [4.78, 5) is 12.0. The predicted molar refractivity (Wildman–Crippen MR) is 78.6 cm³/mol. The molecule has 1 aromatic rings. The monoisotopic (exact) mass is 280 g/mol. The lowest BCUT2D eigenvalue weighted by Crippen LogP contribution is -2.37. The maximum atomic E-state index is 12.0. The van der Waals surface area contributed by atoms with Crippen LogP contribution < -0.4 is 10.6 Å². The molecule has 2 aliphatic rings. The number of carbonyl (C=O) groups is 1. The maximum absolute atomic E-state index is 12.0. The Bertz CT molecular complexity index is 477. The van der Waals surface area contributed by atoms with Crippen molar-refractivity contribution in [3.05, 3.63) is 35.4 Å². The van der Waals surface area contributed by atoms with Crippen molar-refractivity contribution in [3.63, 3.8) is 0 Å². The van der Waals surface area contributed by atoms with Crippen LogP contribution in [0.2, 0.25) is 0 Å². The summed E-state index contributed by atoms with van der Waals surface area (Å²) in [5.41, 5.74) is 2.93. The summed E-state index contributed by atoms with van der Waals surface area (Å²) in [6.45, 7) is 2.71.